The van der Waals surface area contributed by atoms with Crippen molar-refractivity contribution < 1.29 is 20.1 Å². The second-order valence-corrected chi connectivity index (χ2v) is 5.83. The Kier molecular flexibility index (Phi) is 3.85. The first kappa shape index (κ1) is 15.9. The fraction of sp³-hybridized carbons (Fsp3) is 0.312. The Morgan fingerprint density at radius 2 is 1.88 bits per heavy atom. The Labute approximate surface area is 142 Å². The molecule has 4 rings (SSSR count). The molecule has 0 spiro atoms. The molecule has 1 aliphatic rings. The fourth-order valence-corrected chi connectivity index (χ4v) is 3.05. The number of benzene rings is 1. The third-order valence-electron chi connectivity index (χ3n) is 4.31. The van der Waals surface area contributed by atoms with E-state index < -0.39 is 31.1 Å². The molecule has 1 fully saturated rings. The predicted molar refractivity (Wildman–Crippen MR) is 88.2 cm³/mol. The number of rotatable bonds is 3. The second kappa shape index (κ2) is 6.05. The highest BCUT2D eigenvalue weighted by Crippen LogP contribution is 2.36. The van der Waals surface area contributed by atoms with Crippen molar-refractivity contribution in [1.82, 2.24) is 19.5 Å². The second-order valence-electron chi connectivity index (χ2n) is 5.83. The fourth-order valence-electron chi connectivity index (χ4n) is 3.05. The van der Waals surface area contributed by atoms with E-state index in [1.54, 1.807) is 4.57 Å². The molecule has 9 heteroatoms. The normalized spacial score (nSPS) is 26.4. The van der Waals surface area contributed by atoms with Crippen molar-refractivity contribution >= 4 is 17.0 Å². The van der Waals surface area contributed by atoms with E-state index in [0.717, 1.165) is 5.56 Å². The molecule has 5 N–H and O–H groups in total. The summed E-state index contributed by atoms with van der Waals surface area (Å²) < 4.78 is 7.24. The average Bonchev–Trinajstić information content (AvgIpc) is 3.15. The zero-order chi connectivity index (χ0) is 17.6. The van der Waals surface area contributed by atoms with Crippen molar-refractivity contribution in [3.05, 3.63) is 36.7 Å². The number of nitrogens with two attached hydrogens (primary N) is 1. The van der Waals surface area contributed by atoms with Crippen LogP contribution in [0.5, 0.6) is 0 Å². The topological polar surface area (TPSA) is 140 Å². The summed E-state index contributed by atoms with van der Waals surface area (Å²) in [5.41, 5.74) is 7.42. The van der Waals surface area contributed by atoms with Crippen LogP contribution in [0.25, 0.3) is 22.6 Å². The number of hydrogen-bond acceptors (Lipinski definition) is 8. The van der Waals surface area contributed by atoms with Crippen molar-refractivity contribution in [2.75, 3.05) is 12.3 Å². The number of nitrogen functional groups attached to an aromatic ring is 1. The lowest BCUT2D eigenvalue weighted by Gasteiger charge is -2.19. The molecule has 0 unspecified atom stereocenters. The minimum Gasteiger partial charge on any atom is -0.394 e. The highest BCUT2D eigenvalue weighted by molar-refractivity contribution is 5.85. The summed E-state index contributed by atoms with van der Waals surface area (Å²) >= 11 is 0. The number of aliphatic hydroxyl groups is 3. The summed E-state index contributed by atoms with van der Waals surface area (Å²) in [5.74, 6) is 0.672. The molecule has 3 heterocycles. The molecular formula is C16H17N5O4. The van der Waals surface area contributed by atoms with E-state index in [2.05, 4.69) is 15.0 Å². The molecular weight excluding hydrogens is 326 g/mol. The van der Waals surface area contributed by atoms with Gasteiger partial charge in [0, 0.05) is 5.56 Å². The molecule has 1 saturated heterocycles. The number of imidazole rings is 1. The van der Waals surface area contributed by atoms with Gasteiger partial charge < -0.3 is 25.8 Å². The van der Waals surface area contributed by atoms with Crippen LogP contribution < -0.4 is 5.73 Å². The third kappa shape index (κ3) is 2.45. The monoisotopic (exact) mass is 343 g/mol. The van der Waals surface area contributed by atoms with Crippen molar-refractivity contribution in [2.24, 2.45) is 0 Å². The van der Waals surface area contributed by atoms with Crippen LogP contribution >= 0.6 is 0 Å². The summed E-state index contributed by atoms with van der Waals surface area (Å²) in [6.45, 7) is -0.418. The molecule has 4 atom stereocenters. The van der Waals surface area contributed by atoms with E-state index in [4.69, 9.17) is 10.5 Å². The zero-order valence-electron chi connectivity index (χ0n) is 13.1. The van der Waals surface area contributed by atoms with Crippen LogP contribution in [-0.2, 0) is 4.74 Å². The Morgan fingerprint density at radius 3 is 2.56 bits per heavy atom. The van der Waals surface area contributed by atoms with Gasteiger partial charge in [-0.05, 0) is 0 Å². The standard InChI is InChI=1S/C16H17N5O4/c17-13-10-15(19-7-18-13)21(14(20-10)8-4-2-1-3-5-8)16-12(24)11(23)9(6-22)25-16/h1-5,7,9,11-12,16,22-24H,6H2,(H2,17,18,19)/t9-,11+,12-,16-/m0/s1. The number of aromatic nitrogens is 4. The van der Waals surface area contributed by atoms with Crippen LogP contribution in [-0.4, -0.2) is 59.8 Å². The molecule has 0 aliphatic carbocycles. The van der Waals surface area contributed by atoms with Gasteiger partial charge in [0.25, 0.3) is 0 Å². The van der Waals surface area contributed by atoms with E-state index in [1.807, 2.05) is 30.3 Å². The number of hydrogen-bond donors (Lipinski definition) is 4. The highest BCUT2D eigenvalue weighted by atomic mass is 16.6. The maximum absolute atomic E-state index is 10.4. The van der Waals surface area contributed by atoms with Crippen molar-refractivity contribution in [2.45, 2.75) is 24.5 Å². The maximum Gasteiger partial charge on any atom is 0.168 e. The van der Waals surface area contributed by atoms with Gasteiger partial charge in [-0.2, -0.15) is 0 Å². The molecule has 0 bridgehead atoms. The minimum atomic E-state index is -1.26. The summed E-state index contributed by atoms with van der Waals surface area (Å²) in [4.78, 5) is 12.7. The first-order chi connectivity index (χ1) is 12.1. The van der Waals surface area contributed by atoms with E-state index in [0.29, 0.717) is 17.0 Å². The van der Waals surface area contributed by atoms with Crippen molar-refractivity contribution in [1.29, 1.82) is 0 Å². The molecule has 130 valence electrons. The molecule has 25 heavy (non-hydrogen) atoms. The lowest BCUT2D eigenvalue weighted by Crippen LogP contribution is -2.33. The van der Waals surface area contributed by atoms with Crippen LogP contribution in [0.2, 0.25) is 0 Å². The van der Waals surface area contributed by atoms with Gasteiger partial charge in [0.15, 0.2) is 23.2 Å². The lowest BCUT2D eigenvalue weighted by molar-refractivity contribution is -0.0503. The van der Waals surface area contributed by atoms with E-state index in [-0.39, 0.29) is 5.82 Å². The summed E-state index contributed by atoms with van der Waals surface area (Å²) in [5, 5.41) is 29.9. The lowest BCUT2D eigenvalue weighted by atomic mass is 10.1. The maximum atomic E-state index is 10.4. The Hall–Kier alpha value is -2.59. The predicted octanol–water partition coefficient (Wildman–Crippen LogP) is -0.313. The molecule has 0 saturated carbocycles. The van der Waals surface area contributed by atoms with Gasteiger partial charge in [-0.3, -0.25) is 4.57 Å². The third-order valence-corrected chi connectivity index (χ3v) is 4.31. The first-order valence-electron chi connectivity index (χ1n) is 7.78. The van der Waals surface area contributed by atoms with Crippen LogP contribution in [0.3, 0.4) is 0 Å². The number of fused-ring (bicyclic) bond motifs is 1. The Bertz CT molecular complexity index is 900. The molecule has 0 radical (unpaired) electrons. The first-order valence-corrected chi connectivity index (χ1v) is 7.78. The van der Waals surface area contributed by atoms with Gasteiger partial charge >= 0.3 is 0 Å². The van der Waals surface area contributed by atoms with Gasteiger partial charge in [-0.15, -0.1) is 0 Å². The van der Waals surface area contributed by atoms with Crippen molar-refractivity contribution in [3.8, 4) is 11.4 Å². The van der Waals surface area contributed by atoms with Gasteiger partial charge in [0.1, 0.15) is 30.5 Å². The van der Waals surface area contributed by atoms with Crippen LogP contribution in [0.4, 0.5) is 5.82 Å². The summed E-state index contributed by atoms with van der Waals surface area (Å²) in [7, 11) is 0. The van der Waals surface area contributed by atoms with Gasteiger partial charge in [-0.1, -0.05) is 30.3 Å². The largest absolute Gasteiger partial charge is 0.394 e. The molecule has 1 aliphatic heterocycles. The van der Waals surface area contributed by atoms with Gasteiger partial charge in [0.2, 0.25) is 0 Å². The number of aliphatic hydroxyl groups excluding tert-OH is 3. The van der Waals surface area contributed by atoms with Crippen LogP contribution in [0.1, 0.15) is 6.23 Å². The molecule has 3 aromatic rings. The average molecular weight is 343 g/mol. The molecule has 0 amide bonds. The number of anilines is 1. The number of nitrogens with zero attached hydrogens (tertiary/aromatic N) is 4. The van der Waals surface area contributed by atoms with Crippen LogP contribution in [0, 0.1) is 0 Å². The van der Waals surface area contributed by atoms with E-state index in [9.17, 15) is 15.3 Å². The number of ether oxygens (including phenoxy) is 1. The molecule has 9 nitrogen and oxygen atoms in total. The van der Waals surface area contributed by atoms with Crippen LogP contribution in [0.15, 0.2) is 36.7 Å². The molecule has 1 aromatic carbocycles. The van der Waals surface area contributed by atoms with E-state index >= 15 is 0 Å². The SMILES string of the molecule is Nc1ncnc2c1nc(-c1ccccc1)n2[C@H]1O[C@@H](CO)[C@@H](O)[C@@H]1O. The minimum absolute atomic E-state index is 0.202. The molecule has 2 aromatic heterocycles. The summed E-state index contributed by atoms with van der Waals surface area (Å²) in [6.07, 6.45) is -3.06. The Morgan fingerprint density at radius 1 is 1.12 bits per heavy atom. The zero-order valence-corrected chi connectivity index (χ0v) is 13.1. The van der Waals surface area contributed by atoms with Crippen molar-refractivity contribution in [3.63, 3.8) is 0 Å². The van der Waals surface area contributed by atoms with Gasteiger partial charge in [0.05, 0.1) is 6.61 Å². The Balaban J connectivity index is 1.94. The smallest absolute Gasteiger partial charge is 0.168 e. The quantitative estimate of drug-likeness (QED) is 0.508. The van der Waals surface area contributed by atoms with Gasteiger partial charge in [-0.25, -0.2) is 15.0 Å². The van der Waals surface area contributed by atoms with E-state index in [1.165, 1.54) is 6.33 Å². The summed E-state index contributed by atoms with van der Waals surface area (Å²) in [6, 6.07) is 9.28. The highest BCUT2D eigenvalue weighted by Gasteiger charge is 2.45.